The second-order valence-corrected chi connectivity index (χ2v) is 5.17. The normalized spacial score (nSPS) is 13.7. The van der Waals surface area contributed by atoms with Crippen LogP contribution in [0.5, 0.6) is 0 Å². The highest BCUT2D eigenvalue weighted by Gasteiger charge is 2.27. The van der Waals surface area contributed by atoms with E-state index in [2.05, 4.69) is 48.5 Å². The summed E-state index contributed by atoms with van der Waals surface area (Å²) in [5.74, 6) is 0. The predicted molar refractivity (Wildman–Crippen MR) is 65.3 cm³/mol. The van der Waals surface area contributed by atoms with Crippen molar-refractivity contribution in [2.24, 2.45) is 0 Å². The summed E-state index contributed by atoms with van der Waals surface area (Å²) in [6.07, 6.45) is 0. The Kier molecular flexibility index (Phi) is 2.15. The summed E-state index contributed by atoms with van der Waals surface area (Å²) in [7, 11) is 0.418. The van der Waals surface area contributed by atoms with Gasteiger partial charge in [-0.25, -0.2) is 0 Å². The van der Waals surface area contributed by atoms with E-state index in [0.29, 0.717) is 14.4 Å². The molecule has 0 aromatic heterocycles. The molecule has 0 atom stereocenters. The van der Waals surface area contributed by atoms with Crippen molar-refractivity contribution in [1.82, 2.24) is 0 Å². The first-order chi connectivity index (χ1) is 7.42. The molecule has 1 aliphatic carbocycles. The molecule has 0 unspecified atom stereocenters. The minimum atomic E-state index is 0.402. The lowest BCUT2D eigenvalue weighted by Gasteiger charge is -2.06. The molecule has 0 N–H and O–H groups in total. The molecule has 2 aromatic carbocycles. The predicted octanol–water partition coefficient (Wildman–Crippen LogP) is 3.61. The first-order valence-corrected chi connectivity index (χ1v) is 7.05. The molecule has 0 saturated heterocycles. The first kappa shape index (κ1) is 9.19. The molecule has 15 heavy (non-hydrogen) atoms. The van der Waals surface area contributed by atoms with Crippen molar-refractivity contribution in [2.45, 2.75) is 5.54 Å². The van der Waals surface area contributed by atoms with Gasteiger partial charge in [0.05, 0.1) is 0 Å². The summed E-state index contributed by atoms with van der Waals surface area (Å²) in [4.78, 5) is 0. The third-order valence-corrected chi connectivity index (χ3v) is 4.44. The highest BCUT2D eigenvalue weighted by atomic mass is 35.6. The molecule has 3 rings (SSSR count). The molecule has 72 valence electrons. The molecule has 2 heteroatoms. The molecule has 0 fully saturated rings. The van der Waals surface area contributed by atoms with E-state index in [9.17, 15) is 0 Å². The molecule has 1 aliphatic rings. The van der Waals surface area contributed by atoms with Crippen LogP contribution in [0.15, 0.2) is 48.5 Å². The van der Waals surface area contributed by atoms with Gasteiger partial charge in [-0.3, -0.25) is 0 Å². The highest BCUT2D eigenvalue weighted by Crippen LogP contribution is 2.43. The van der Waals surface area contributed by atoms with Gasteiger partial charge in [-0.15, -0.1) is 0 Å². The molecule has 0 amide bonds. The van der Waals surface area contributed by atoms with E-state index in [1.165, 1.54) is 22.3 Å². The van der Waals surface area contributed by atoms with E-state index in [-0.39, 0.29) is 0 Å². The summed E-state index contributed by atoms with van der Waals surface area (Å²) in [5.41, 5.74) is 5.87. The van der Waals surface area contributed by atoms with Gasteiger partial charge in [0.2, 0.25) is 0 Å². The van der Waals surface area contributed by atoms with Gasteiger partial charge in [-0.1, -0.05) is 48.5 Å². The van der Waals surface area contributed by atoms with Crippen LogP contribution in [-0.4, -0.2) is 8.83 Å². The zero-order valence-electron chi connectivity index (χ0n) is 8.07. The molecule has 0 aliphatic heterocycles. The lowest BCUT2D eigenvalue weighted by Crippen LogP contribution is -2.00. The Labute approximate surface area is 96.4 Å². The Bertz CT molecular complexity index is 462. The third kappa shape index (κ3) is 1.27. The zero-order valence-corrected chi connectivity index (χ0v) is 9.83. The van der Waals surface area contributed by atoms with Crippen LogP contribution in [0.3, 0.4) is 0 Å². The lowest BCUT2D eigenvalue weighted by molar-refractivity contribution is 1.20. The number of halogens is 1. The number of hydrogen-bond acceptors (Lipinski definition) is 0. The van der Waals surface area contributed by atoms with Crippen LogP contribution in [0.4, 0.5) is 0 Å². The maximum Gasteiger partial charge on any atom is 0.184 e. The van der Waals surface area contributed by atoms with Crippen molar-refractivity contribution in [3.63, 3.8) is 0 Å². The minimum Gasteiger partial charge on any atom is -0.170 e. The Morgan fingerprint density at radius 1 is 0.800 bits per heavy atom. The van der Waals surface area contributed by atoms with Crippen molar-refractivity contribution < 1.29 is 0 Å². The molecular formula is C13H9ClSi. The zero-order chi connectivity index (χ0) is 10.3. The second kappa shape index (κ2) is 3.51. The lowest BCUT2D eigenvalue weighted by atomic mass is 10.1. The van der Waals surface area contributed by atoms with Crippen LogP contribution >= 0.6 is 11.1 Å². The van der Waals surface area contributed by atoms with Crippen molar-refractivity contribution in [2.75, 3.05) is 0 Å². The quantitative estimate of drug-likeness (QED) is 0.517. The molecule has 0 heterocycles. The number of rotatable bonds is 1. The molecule has 0 bridgehead atoms. The van der Waals surface area contributed by atoms with Gasteiger partial charge >= 0.3 is 0 Å². The van der Waals surface area contributed by atoms with Crippen molar-refractivity contribution >= 4 is 19.9 Å². The standard InChI is InChI=1S/C13H9ClSi/c14-15-13-11-7-3-1-5-9(11)10-6-2-4-8-12(10)13/h1-8,13H. The van der Waals surface area contributed by atoms with E-state index in [1.54, 1.807) is 0 Å². The summed E-state index contributed by atoms with van der Waals surface area (Å²) in [6, 6.07) is 17.1. The van der Waals surface area contributed by atoms with Gasteiger partial charge in [0.1, 0.15) is 0 Å². The largest absolute Gasteiger partial charge is 0.184 e. The summed E-state index contributed by atoms with van der Waals surface area (Å²) in [6.45, 7) is 0. The van der Waals surface area contributed by atoms with Crippen LogP contribution in [0.25, 0.3) is 11.1 Å². The summed E-state index contributed by atoms with van der Waals surface area (Å²) >= 11 is 6.09. The Hall–Kier alpha value is -1.05. The van der Waals surface area contributed by atoms with E-state index in [0.717, 1.165) is 0 Å². The van der Waals surface area contributed by atoms with Crippen LogP contribution in [-0.2, 0) is 0 Å². The minimum absolute atomic E-state index is 0.402. The van der Waals surface area contributed by atoms with Gasteiger partial charge in [0, 0.05) is 5.54 Å². The van der Waals surface area contributed by atoms with Crippen LogP contribution in [0, 0.1) is 0 Å². The van der Waals surface area contributed by atoms with Gasteiger partial charge in [-0.05, 0) is 22.3 Å². The fourth-order valence-electron chi connectivity index (χ4n) is 2.27. The van der Waals surface area contributed by atoms with Crippen LogP contribution in [0.2, 0.25) is 0 Å². The Balaban J connectivity index is 2.31. The molecular weight excluding hydrogens is 220 g/mol. The Morgan fingerprint density at radius 3 is 1.73 bits per heavy atom. The van der Waals surface area contributed by atoms with Gasteiger partial charge in [0.25, 0.3) is 0 Å². The van der Waals surface area contributed by atoms with Crippen molar-refractivity contribution in [3.05, 3.63) is 59.7 Å². The second-order valence-electron chi connectivity index (χ2n) is 3.72. The maximum absolute atomic E-state index is 6.09. The van der Waals surface area contributed by atoms with Gasteiger partial charge < -0.3 is 0 Å². The number of benzene rings is 2. The third-order valence-electron chi connectivity index (χ3n) is 2.94. The maximum atomic E-state index is 6.09. The van der Waals surface area contributed by atoms with Crippen molar-refractivity contribution in [1.29, 1.82) is 0 Å². The summed E-state index contributed by atoms with van der Waals surface area (Å²) in [5, 5.41) is 0. The number of hydrogen-bond donors (Lipinski definition) is 0. The van der Waals surface area contributed by atoms with E-state index in [4.69, 9.17) is 11.1 Å². The average molecular weight is 229 g/mol. The van der Waals surface area contributed by atoms with Crippen LogP contribution in [0.1, 0.15) is 16.7 Å². The summed E-state index contributed by atoms with van der Waals surface area (Å²) < 4.78 is 0. The Morgan fingerprint density at radius 2 is 1.27 bits per heavy atom. The van der Waals surface area contributed by atoms with Gasteiger partial charge in [-0.2, -0.15) is 11.1 Å². The smallest absolute Gasteiger partial charge is 0.170 e. The average Bonchev–Trinajstić information content (AvgIpc) is 2.63. The molecule has 0 nitrogen and oxygen atoms in total. The monoisotopic (exact) mass is 228 g/mol. The first-order valence-electron chi connectivity index (χ1n) is 4.96. The fraction of sp³-hybridized carbons (Fsp3) is 0.0769. The molecule has 2 radical (unpaired) electrons. The highest BCUT2D eigenvalue weighted by molar-refractivity contribution is 6.94. The molecule has 0 spiro atoms. The van der Waals surface area contributed by atoms with E-state index < -0.39 is 0 Å². The molecule has 2 aromatic rings. The van der Waals surface area contributed by atoms with E-state index >= 15 is 0 Å². The van der Waals surface area contributed by atoms with E-state index in [1.807, 2.05) is 0 Å². The SMILES string of the molecule is Cl[Si]C1c2ccccc2-c2ccccc21. The van der Waals surface area contributed by atoms with Crippen LogP contribution < -0.4 is 0 Å². The number of fused-ring (bicyclic) bond motifs is 3. The fourth-order valence-corrected chi connectivity index (χ4v) is 3.72. The van der Waals surface area contributed by atoms with Gasteiger partial charge in [0.15, 0.2) is 8.83 Å². The van der Waals surface area contributed by atoms with Crippen molar-refractivity contribution in [3.8, 4) is 11.1 Å². The molecule has 0 saturated carbocycles. The topological polar surface area (TPSA) is 0 Å².